The molecule has 3 aromatic rings. The number of hydrogen-bond acceptors (Lipinski definition) is 3. The van der Waals surface area contributed by atoms with Crippen molar-refractivity contribution in [3.63, 3.8) is 0 Å². The van der Waals surface area contributed by atoms with Gasteiger partial charge in [-0.3, -0.25) is 9.59 Å². The zero-order valence-electron chi connectivity index (χ0n) is 23.3. The summed E-state index contributed by atoms with van der Waals surface area (Å²) in [5.74, 6) is 0.312. The standard InChI is InChI=1S/C32H38Cl2N2O3/c1-22(2)19-35-31(38)29(17-23-9-7-6-8-10-23)36(20-24-11-14-26(33)18-28(24)34)30(37)21-39-27-15-12-25(13-16-27)32(3,4)5/h6-16,18,22,29H,17,19-21H2,1-5H3,(H,35,38)/t29-/m0/s1. The minimum absolute atomic E-state index is 0.0109. The van der Waals surface area contributed by atoms with Crippen LogP contribution in [0.4, 0.5) is 0 Å². The maximum absolute atomic E-state index is 13.8. The SMILES string of the molecule is CC(C)CNC(=O)[C@H](Cc1ccccc1)N(Cc1ccc(Cl)cc1Cl)C(=O)COc1ccc(C(C)(C)C)cc1. The molecule has 2 amide bonds. The number of amides is 2. The smallest absolute Gasteiger partial charge is 0.261 e. The maximum atomic E-state index is 13.8. The van der Waals surface area contributed by atoms with Crippen molar-refractivity contribution in [3.8, 4) is 5.75 Å². The van der Waals surface area contributed by atoms with Crippen LogP contribution in [0.3, 0.4) is 0 Å². The molecular weight excluding hydrogens is 531 g/mol. The number of benzene rings is 3. The van der Waals surface area contributed by atoms with Gasteiger partial charge in [0.15, 0.2) is 6.61 Å². The summed E-state index contributed by atoms with van der Waals surface area (Å²) in [7, 11) is 0. The second-order valence-corrected chi connectivity index (χ2v) is 12.0. The highest BCUT2D eigenvalue weighted by molar-refractivity contribution is 6.35. The second kappa shape index (κ2) is 13.9. The van der Waals surface area contributed by atoms with Crippen LogP contribution in [0.5, 0.6) is 5.75 Å². The molecule has 0 aromatic heterocycles. The van der Waals surface area contributed by atoms with Crippen LogP contribution >= 0.6 is 23.2 Å². The van der Waals surface area contributed by atoms with Crippen molar-refractivity contribution in [2.45, 2.75) is 59.0 Å². The molecule has 0 saturated heterocycles. The largest absolute Gasteiger partial charge is 0.484 e. The first kappa shape index (κ1) is 30.5. The van der Waals surface area contributed by atoms with Gasteiger partial charge in [-0.05, 0) is 52.3 Å². The Morgan fingerprint density at radius 1 is 0.949 bits per heavy atom. The average Bonchev–Trinajstić information content (AvgIpc) is 2.89. The topological polar surface area (TPSA) is 58.6 Å². The lowest BCUT2D eigenvalue weighted by Crippen LogP contribution is -2.52. The Morgan fingerprint density at radius 2 is 1.62 bits per heavy atom. The normalized spacial score (nSPS) is 12.2. The van der Waals surface area contributed by atoms with Crippen LogP contribution in [0.15, 0.2) is 72.8 Å². The molecule has 0 heterocycles. The first-order valence-electron chi connectivity index (χ1n) is 13.2. The highest BCUT2D eigenvalue weighted by Crippen LogP contribution is 2.26. The lowest BCUT2D eigenvalue weighted by atomic mass is 9.87. The summed E-state index contributed by atoms with van der Waals surface area (Å²) in [6.07, 6.45) is 0.349. The number of nitrogens with one attached hydrogen (secondary N) is 1. The third-order valence-corrected chi connectivity index (χ3v) is 6.98. The van der Waals surface area contributed by atoms with E-state index < -0.39 is 6.04 Å². The number of nitrogens with zero attached hydrogens (tertiary/aromatic N) is 1. The molecule has 0 spiro atoms. The molecule has 7 heteroatoms. The van der Waals surface area contributed by atoms with Gasteiger partial charge in [0, 0.05) is 29.6 Å². The fourth-order valence-electron chi connectivity index (χ4n) is 4.09. The van der Waals surface area contributed by atoms with Crippen LogP contribution in [0, 0.1) is 5.92 Å². The van der Waals surface area contributed by atoms with Crippen LogP contribution in [0.25, 0.3) is 0 Å². The third-order valence-electron chi connectivity index (χ3n) is 6.39. The summed E-state index contributed by atoms with van der Waals surface area (Å²) in [6.45, 7) is 10.9. The van der Waals surface area contributed by atoms with Crippen LogP contribution in [-0.2, 0) is 28.0 Å². The molecule has 3 rings (SSSR count). The molecule has 0 saturated carbocycles. The molecule has 3 aromatic carbocycles. The number of halogens is 2. The number of carbonyl (C=O) groups is 2. The van der Waals surface area contributed by atoms with E-state index in [1.54, 1.807) is 23.1 Å². The highest BCUT2D eigenvalue weighted by Gasteiger charge is 2.31. The fraction of sp³-hybridized carbons (Fsp3) is 0.375. The van der Waals surface area contributed by atoms with Crippen molar-refractivity contribution in [3.05, 3.63) is 99.5 Å². The number of carbonyl (C=O) groups excluding carboxylic acids is 2. The van der Waals surface area contributed by atoms with Crippen LogP contribution in [0.2, 0.25) is 10.0 Å². The van der Waals surface area contributed by atoms with Gasteiger partial charge < -0.3 is 15.0 Å². The first-order chi connectivity index (χ1) is 18.4. The molecular formula is C32H38Cl2N2O3. The van der Waals surface area contributed by atoms with Crippen molar-refractivity contribution in [2.24, 2.45) is 5.92 Å². The lowest BCUT2D eigenvalue weighted by molar-refractivity contribution is -0.142. The van der Waals surface area contributed by atoms with Gasteiger partial charge in [0.2, 0.25) is 5.91 Å². The Labute approximate surface area is 242 Å². The van der Waals surface area contributed by atoms with Crippen molar-refractivity contribution < 1.29 is 14.3 Å². The molecule has 1 N–H and O–H groups in total. The van der Waals surface area contributed by atoms with E-state index >= 15 is 0 Å². The quantitative estimate of drug-likeness (QED) is 0.269. The molecule has 0 aliphatic heterocycles. The molecule has 1 atom stereocenters. The van der Waals surface area contributed by atoms with Crippen LogP contribution in [-0.4, -0.2) is 35.9 Å². The predicted octanol–water partition coefficient (Wildman–Crippen LogP) is 7.08. The van der Waals surface area contributed by atoms with E-state index in [-0.39, 0.29) is 36.3 Å². The summed E-state index contributed by atoms with van der Waals surface area (Å²) in [4.78, 5) is 28.8. The van der Waals surface area contributed by atoms with E-state index in [4.69, 9.17) is 27.9 Å². The van der Waals surface area contributed by atoms with Gasteiger partial charge in [0.05, 0.1) is 0 Å². The molecule has 39 heavy (non-hydrogen) atoms. The van der Waals surface area contributed by atoms with E-state index in [1.165, 1.54) is 5.56 Å². The highest BCUT2D eigenvalue weighted by atomic mass is 35.5. The Balaban J connectivity index is 1.90. The summed E-state index contributed by atoms with van der Waals surface area (Å²) in [5, 5.41) is 3.94. The van der Waals surface area contributed by atoms with E-state index in [0.29, 0.717) is 34.3 Å². The van der Waals surface area contributed by atoms with E-state index in [9.17, 15) is 9.59 Å². The first-order valence-corrected chi connectivity index (χ1v) is 14.0. The number of hydrogen-bond donors (Lipinski definition) is 1. The predicted molar refractivity (Wildman–Crippen MR) is 159 cm³/mol. The fourth-order valence-corrected chi connectivity index (χ4v) is 4.56. The van der Waals surface area contributed by atoms with Crippen molar-refractivity contribution in [2.75, 3.05) is 13.2 Å². The summed E-state index contributed by atoms with van der Waals surface area (Å²) in [6, 6.07) is 21.8. The Hall–Kier alpha value is -3.02. The van der Waals surface area contributed by atoms with Gasteiger partial charge in [0.1, 0.15) is 11.8 Å². The van der Waals surface area contributed by atoms with Gasteiger partial charge in [-0.1, -0.05) is 106 Å². The Morgan fingerprint density at radius 3 is 2.21 bits per heavy atom. The molecule has 0 unspecified atom stereocenters. The van der Waals surface area contributed by atoms with Crippen LogP contribution < -0.4 is 10.1 Å². The Bertz CT molecular complexity index is 1240. The molecule has 0 radical (unpaired) electrons. The average molecular weight is 570 g/mol. The summed E-state index contributed by atoms with van der Waals surface area (Å²) >= 11 is 12.6. The third kappa shape index (κ3) is 9.29. The van der Waals surface area contributed by atoms with Gasteiger partial charge in [0.25, 0.3) is 5.91 Å². The van der Waals surface area contributed by atoms with Gasteiger partial charge in [-0.15, -0.1) is 0 Å². The lowest BCUT2D eigenvalue weighted by Gasteiger charge is -2.32. The second-order valence-electron chi connectivity index (χ2n) is 11.2. The van der Waals surface area contributed by atoms with E-state index in [0.717, 1.165) is 5.56 Å². The van der Waals surface area contributed by atoms with Gasteiger partial charge in [-0.25, -0.2) is 0 Å². The van der Waals surface area contributed by atoms with Crippen molar-refractivity contribution >= 4 is 35.0 Å². The monoisotopic (exact) mass is 568 g/mol. The summed E-state index contributed by atoms with van der Waals surface area (Å²) < 4.78 is 5.90. The molecule has 208 valence electrons. The zero-order valence-corrected chi connectivity index (χ0v) is 24.9. The van der Waals surface area contributed by atoms with Gasteiger partial charge in [-0.2, -0.15) is 0 Å². The Kier molecular flexibility index (Phi) is 10.8. The van der Waals surface area contributed by atoms with Crippen molar-refractivity contribution in [1.29, 1.82) is 0 Å². The number of ether oxygens (including phenoxy) is 1. The molecule has 0 aliphatic carbocycles. The number of rotatable bonds is 11. The molecule has 0 aliphatic rings. The van der Waals surface area contributed by atoms with Crippen molar-refractivity contribution in [1.82, 2.24) is 10.2 Å². The minimum Gasteiger partial charge on any atom is -0.484 e. The molecule has 0 bridgehead atoms. The molecule has 5 nitrogen and oxygen atoms in total. The van der Waals surface area contributed by atoms with Gasteiger partial charge >= 0.3 is 0 Å². The van der Waals surface area contributed by atoms with E-state index in [2.05, 4.69) is 26.1 Å². The molecule has 0 fully saturated rings. The summed E-state index contributed by atoms with van der Waals surface area (Å²) in [5.41, 5.74) is 2.82. The zero-order chi connectivity index (χ0) is 28.6. The van der Waals surface area contributed by atoms with E-state index in [1.807, 2.05) is 68.4 Å². The van der Waals surface area contributed by atoms with Crippen LogP contribution in [0.1, 0.15) is 51.3 Å². The maximum Gasteiger partial charge on any atom is 0.261 e. The minimum atomic E-state index is -0.766.